The molecule has 6 heteroatoms. The van der Waals surface area contributed by atoms with Gasteiger partial charge in [-0.05, 0) is 18.6 Å². The molecule has 0 aromatic heterocycles. The smallest absolute Gasteiger partial charge is 0.339 e. The molecule has 1 aliphatic carbocycles. The number of halogens is 1. The van der Waals surface area contributed by atoms with Gasteiger partial charge in [-0.1, -0.05) is 17.5 Å². The molecule has 2 N–H and O–H groups in total. The predicted molar refractivity (Wildman–Crippen MR) is 69.8 cm³/mol. The first-order valence-corrected chi connectivity index (χ1v) is 6.80. The number of esters is 1. The van der Waals surface area contributed by atoms with Gasteiger partial charge in [0.05, 0.1) is 5.92 Å². The summed E-state index contributed by atoms with van der Waals surface area (Å²) >= 11 is 5.67. The Morgan fingerprint density at radius 2 is 2.35 bits per heavy atom. The van der Waals surface area contributed by atoms with Gasteiger partial charge in [-0.15, -0.1) is 11.6 Å². The maximum absolute atomic E-state index is 12.0. The number of aliphatic hydroxyl groups excluding tert-OH is 1. The van der Waals surface area contributed by atoms with Crippen LogP contribution in [0, 0.1) is 5.92 Å². The molecule has 1 amide bonds. The van der Waals surface area contributed by atoms with Crippen molar-refractivity contribution < 1.29 is 19.4 Å². The molecule has 3 rings (SSSR count). The van der Waals surface area contributed by atoms with E-state index in [0.717, 1.165) is 0 Å². The Kier molecular flexibility index (Phi) is 3.08. The number of allylic oxidation sites excluding steroid dienone is 2. The zero-order valence-electron chi connectivity index (χ0n) is 10.4. The quantitative estimate of drug-likeness (QED) is 0.441. The molecule has 3 aliphatic rings. The Morgan fingerprint density at radius 1 is 1.55 bits per heavy atom. The van der Waals surface area contributed by atoms with Gasteiger partial charge in [0, 0.05) is 11.5 Å². The lowest BCUT2D eigenvalue weighted by molar-refractivity contribution is -0.201. The molecule has 2 fully saturated rings. The third-order valence-electron chi connectivity index (χ3n) is 3.87. The van der Waals surface area contributed by atoms with Gasteiger partial charge in [0.2, 0.25) is 11.4 Å². The standard InChI is InChI=1S/C14H12ClNO4/c15-7-6-9-11-14(13(19)20-11,16-12(9)18)10(17)8-4-2-1-3-5-8/h1-2,4,9-11,17H,6-7H2,(H,16,18)/t9-,10+,11+,14-/m1/s1. The highest BCUT2D eigenvalue weighted by molar-refractivity contribution is 6.18. The summed E-state index contributed by atoms with van der Waals surface area (Å²) in [6.07, 6.45) is 3.43. The first-order chi connectivity index (χ1) is 9.61. The topological polar surface area (TPSA) is 75.6 Å². The number of hydrogen-bond acceptors (Lipinski definition) is 4. The SMILES string of the molecule is O=C1N[C@@]2([C@@H](O)C3=C=C=CC=C3)C(=O)O[C@H]2[C@H]1CCCl. The molecule has 0 spiro atoms. The second-order valence-electron chi connectivity index (χ2n) is 4.92. The molecule has 0 aromatic rings. The summed E-state index contributed by atoms with van der Waals surface area (Å²) in [5.74, 6) is -1.19. The molecule has 0 saturated carbocycles. The summed E-state index contributed by atoms with van der Waals surface area (Å²) in [5, 5.41) is 13.1. The van der Waals surface area contributed by atoms with E-state index in [-0.39, 0.29) is 11.8 Å². The van der Waals surface area contributed by atoms with E-state index in [1.54, 1.807) is 18.2 Å². The van der Waals surface area contributed by atoms with Crippen LogP contribution in [0.25, 0.3) is 0 Å². The molecule has 2 saturated heterocycles. The van der Waals surface area contributed by atoms with Crippen molar-refractivity contribution in [2.45, 2.75) is 24.2 Å². The summed E-state index contributed by atoms with van der Waals surface area (Å²) in [5.41, 5.74) is 4.43. The minimum atomic E-state index is -1.42. The van der Waals surface area contributed by atoms with E-state index in [2.05, 4.69) is 16.8 Å². The number of fused-ring (bicyclic) bond motifs is 1. The first-order valence-electron chi connectivity index (χ1n) is 6.26. The number of hydrogen-bond donors (Lipinski definition) is 2. The number of amides is 1. The molecular formula is C14H12ClNO4. The zero-order valence-corrected chi connectivity index (χ0v) is 11.2. The number of ether oxygens (including phenoxy) is 1. The molecule has 5 nitrogen and oxygen atoms in total. The van der Waals surface area contributed by atoms with E-state index in [4.69, 9.17) is 16.3 Å². The fraction of sp³-hybridized carbons (Fsp3) is 0.429. The van der Waals surface area contributed by atoms with Crippen LogP contribution in [0.1, 0.15) is 6.42 Å². The highest BCUT2D eigenvalue weighted by Crippen LogP contribution is 2.44. The Morgan fingerprint density at radius 3 is 2.95 bits per heavy atom. The third-order valence-corrected chi connectivity index (χ3v) is 4.09. The van der Waals surface area contributed by atoms with Gasteiger partial charge in [0.1, 0.15) is 6.10 Å². The summed E-state index contributed by atoms with van der Waals surface area (Å²) in [7, 11) is 0. The van der Waals surface area contributed by atoms with Crippen molar-refractivity contribution >= 4 is 23.5 Å². The molecule has 0 radical (unpaired) electrons. The number of carbonyl (C=O) groups is 2. The maximum Gasteiger partial charge on any atom is 0.339 e. The summed E-state index contributed by atoms with van der Waals surface area (Å²) < 4.78 is 5.08. The van der Waals surface area contributed by atoms with Crippen molar-refractivity contribution in [3.8, 4) is 0 Å². The monoisotopic (exact) mass is 293 g/mol. The number of rotatable bonds is 4. The molecule has 104 valence electrons. The van der Waals surface area contributed by atoms with Crippen LogP contribution in [-0.4, -0.2) is 40.6 Å². The van der Waals surface area contributed by atoms with Gasteiger partial charge in [-0.25, -0.2) is 4.79 Å². The Hall–Kier alpha value is -1.77. The summed E-state index contributed by atoms with van der Waals surface area (Å²) in [6.45, 7) is 0. The molecular weight excluding hydrogens is 282 g/mol. The molecule has 0 bridgehead atoms. The van der Waals surface area contributed by atoms with Crippen LogP contribution in [0.2, 0.25) is 0 Å². The Balaban J connectivity index is 1.96. The van der Waals surface area contributed by atoms with Crippen molar-refractivity contribution in [1.29, 1.82) is 0 Å². The van der Waals surface area contributed by atoms with Crippen molar-refractivity contribution in [1.82, 2.24) is 5.32 Å². The number of nitrogens with one attached hydrogen (secondary N) is 1. The molecule has 2 heterocycles. The molecule has 0 unspecified atom stereocenters. The van der Waals surface area contributed by atoms with Gasteiger partial charge in [-0.3, -0.25) is 4.79 Å². The molecule has 2 aliphatic heterocycles. The van der Waals surface area contributed by atoms with Crippen LogP contribution in [-0.2, 0) is 14.3 Å². The van der Waals surface area contributed by atoms with Crippen LogP contribution in [0.15, 0.2) is 35.3 Å². The maximum atomic E-state index is 12.0. The first kappa shape index (κ1) is 13.2. The second kappa shape index (κ2) is 4.65. The average molecular weight is 294 g/mol. The number of carbonyl (C=O) groups excluding carboxylic acids is 2. The number of alkyl halides is 1. The van der Waals surface area contributed by atoms with E-state index in [9.17, 15) is 14.7 Å². The Bertz CT molecular complexity index is 613. The van der Waals surface area contributed by atoms with Crippen molar-refractivity contribution in [3.63, 3.8) is 0 Å². The van der Waals surface area contributed by atoms with E-state index in [0.29, 0.717) is 12.0 Å². The number of aliphatic hydroxyl groups is 1. The van der Waals surface area contributed by atoms with Crippen molar-refractivity contribution in [2.75, 3.05) is 5.88 Å². The highest BCUT2D eigenvalue weighted by Gasteiger charge is 2.71. The summed E-state index contributed by atoms with van der Waals surface area (Å²) in [6, 6.07) is 0. The van der Waals surface area contributed by atoms with Gasteiger partial charge in [-0.2, -0.15) is 0 Å². The molecule has 4 atom stereocenters. The minimum Gasteiger partial charge on any atom is -0.456 e. The van der Waals surface area contributed by atoms with Crippen LogP contribution >= 0.6 is 11.6 Å². The van der Waals surface area contributed by atoms with Crippen LogP contribution in [0.5, 0.6) is 0 Å². The highest BCUT2D eigenvalue weighted by atomic mass is 35.5. The van der Waals surface area contributed by atoms with E-state index >= 15 is 0 Å². The lowest BCUT2D eigenvalue weighted by Crippen LogP contribution is -2.73. The fourth-order valence-corrected chi connectivity index (χ4v) is 3.06. The van der Waals surface area contributed by atoms with E-state index in [1.165, 1.54) is 0 Å². The molecule has 20 heavy (non-hydrogen) atoms. The minimum absolute atomic E-state index is 0.281. The van der Waals surface area contributed by atoms with E-state index < -0.39 is 29.6 Å². The second-order valence-corrected chi connectivity index (χ2v) is 5.30. The largest absolute Gasteiger partial charge is 0.456 e. The van der Waals surface area contributed by atoms with Crippen molar-refractivity contribution in [3.05, 3.63) is 35.3 Å². The third kappa shape index (κ3) is 1.62. The van der Waals surface area contributed by atoms with Crippen molar-refractivity contribution in [2.24, 2.45) is 5.92 Å². The van der Waals surface area contributed by atoms with E-state index in [1.807, 2.05) is 0 Å². The zero-order chi connectivity index (χ0) is 14.3. The van der Waals surface area contributed by atoms with Gasteiger partial charge in [0.25, 0.3) is 0 Å². The Labute approximate surface area is 120 Å². The van der Waals surface area contributed by atoms with Gasteiger partial charge in [0.15, 0.2) is 6.10 Å². The van der Waals surface area contributed by atoms with Gasteiger partial charge >= 0.3 is 5.97 Å². The van der Waals surface area contributed by atoms with Crippen LogP contribution in [0.4, 0.5) is 0 Å². The summed E-state index contributed by atoms with van der Waals surface area (Å²) in [4.78, 5) is 23.9. The predicted octanol–water partition coefficient (Wildman–Crippen LogP) is 0.193. The van der Waals surface area contributed by atoms with Crippen LogP contribution in [0.3, 0.4) is 0 Å². The normalized spacial score (nSPS) is 35.0. The lowest BCUT2D eigenvalue weighted by atomic mass is 9.76. The lowest BCUT2D eigenvalue weighted by Gasteiger charge is -2.45. The van der Waals surface area contributed by atoms with Crippen LogP contribution < -0.4 is 5.32 Å². The fourth-order valence-electron chi connectivity index (χ4n) is 2.83. The average Bonchev–Trinajstić information content (AvgIpc) is 2.69. The molecule has 0 aromatic carbocycles. The van der Waals surface area contributed by atoms with Gasteiger partial charge < -0.3 is 15.2 Å².